The van der Waals surface area contributed by atoms with Gasteiger partial charge in [-0.25, -0.2) is 0 Å². The van der Waals surface area contributed by atoms with Gasteiger partial charge in [0.25, 0.3) is 0 Å². The van der Waals surface area contributed by atoms with Crippen molar-refractivity contribution in [1.29, 1.82) is 0 Å². The SMILES string of the molecule is CCn1nccc1/C(N)=N/O. The van der Waals surface area contributed by atoms with E-state index in [0.29, 0.717) is 12.2 Å². The maximum absolute atomic E-state index is 8.35. The van der Waals surface area contributed by atoms with Crippen LogP contribution in [-0.2, 0) is 6.54 Å². The van der Waals surface area contributed by atoms with E-state index in [0.717, 1.165) is 0 Å². The molecule has 1 aromatic rings. The van der Waals surface area contributed by atoms with Crippen molar-refractivity contribution in [2.24, 2.45) is 10.9 Å². The van der Waals surface area contributed by atoms with Crippen molar-refractivity contribution in [3.63, 3.8) is 0 Å². The van der Waals surface area contributed by atoms with E-state index in [1.165, 1.54) is 0 Å². The minimum atomic E-state index is 0.0874. The van der Waals surface area contributed by atoms with E-state index in [2.05, 4.69) is 10.3 Å². The van der Waals surface area contributed by atoms with Crippen LogP contribution in [0.2, 0.25) is 0 Å². The van der Waals surface area contributed by atoms with E-state index in [1.54, 1.807) is 16.9 Å². The molecule has 0 saturated heterocycles. The summed E-state index contributed by atoms with van der Waals surface area (Å²) in [6, 6.07) is 1.69. The predicted molar refractivity (Wildman–Crippen MR) is 40.4 cm³/mol. The molecule has 3 N–H and O–H groups in total. The second kappa shape index (κ2) is 3.05. The van der Waals surface area contributed by atoms with E-state index in [-0.39, 0.29) is 5.84 Å². The lowest BCUT2D eigenvalue weighted by Crippen LogP contribution is -2.18. The normalized spacial score (nSPS) is 11.9. The molecule has 0 spiro atoms. The number of hydrogen-bond acceptors (Lipinski definition) is 3. The molecule has 0 amide bonds. The number of amidine groups is 1. The Kier molecular flexibility index (Phi) is 2.10. The first-order chi connectivity index (χ1) is 5.29. The Morgan fingerprint density at radius 1 is 1.91 bits per heavy atom. The average molecular weight is 154 g/mol. The summed E-state index contributed by atoms with van der Waals surface area (Å²) >= 11 is 0. The minimum Gasteiger partial charge on any atom is -0.409 e. The van der Waals surface area contributed by atoms with Crippen molar-refractivity contribution in [2.75, 3.05) is 0 Å². The van der Waals surface area contributed by atoms with Crippen LogP contribution in [-0.4, -0.2) is 20.8 Å². The van der Waals surface area contributed by atoms with Crippen molar-refractivity contribution >= 4 is 5.84 Å². The Morgan fingerprint density at radius 3 is 3.18 bits per heavy atom. The highest BCUT2D eigenvalue weighted by atomic mass is 16.4. The molecule has 0 aliphatic carbocycles. The maximum Gasteiger partial charge on any atom is 0.188 e. The van der Waals surface area contributed by atoms with Gasteiger partial charge in [-0.15, -0.1) is 0 Å². The molecule has 11 heavy (non-hydrogen) atoms. The van der Waals surface area contributed by atoms with Crippen LogP contribution in [0.15, 0.2) is 17.4 Å². The van der Waals surface area contributed by atoms with E-state index in [1.807, 2.05) is 6.92 Å². The van der Waals surface area contributed by atoms with Gasteiger partial charge >= 0.3 is 0 Å². The lowest BCUT2D eigenvalue weighted by molar-refractivity contribution is 0.318. The van der Waals surface area contributed by atoms with E-state index >= 15 is 0 Å². The van der Waals surface area contributed by atoms with E-state index in [9.17, 15) is 0 Å². The number of oxime groups is 1. The zero-order valence-corrected chi connectivity index (χ0v) is 6.23. The standard InChI is InChI=1S/C6H10N4O/c1-2-10-5(3-4-8-10)6(7)9-11/h3-4,11H,2H2,1H3,(H2,7,9). The second-order valence-electron chi connectivity index (χ2n) is 2.02. The lowest BCUT2D eigenvalue weighted by Gasteiger charge is -2.00. The second-order valence-corrected chi connectivity index (χ2v) is 2.02. The molecule has 0 aliphatic heterocycles. The van der Waals surface area contributed by atoms with Gasteiger partial charge in [-0.1, -0.05) is 5.16 Å². The molecule has 0 fully saturated rings. The van der Waals surface area contributed by atoms with Crippen molar-refractivity contribution in [2.45, 2.75) is 13.5 Å². The highest BCUT2D eigenvalue weighted by Gasteiger charge is 2.03. The smallest absolute Gasteiger partial charge is 0.188 e. The van der Waals surface area contributed by atoms with Gasteiger partial charge < -0.3 is 10.9 Å². The third-order valence-electron chi connectivity index (χ3n) is 1.39. The van der Waals surface area contributed by atoms with Crippen molar-refractivity contribution in [3.05, 3.63) is 18.0 Å². The molecule has 0 aliphatic rings. The molecule has 5 heteroatoms. The summed E-state index contributed by atoms with van der Waals surface area (Å²) in [5.41, 5.74) is 5.99. The molecular weight excluding hydrogens is 144 g/mol. The molecule has 0 saturated carbocycles. The minimum absolute atomic E-state index is 0.0874. The Bertz CT molecular complexity index is 265. The molecule has 0 bridgehead atoms. The number of nitrogens with zero attached hydrogens (tertiary/aromatic N) is 3. The van der Waals surface area contributed by atoms with Crippen LogP contribution in [0.25, 0.3) is 0 Å². The van der Waals surface area contributed by atoms with Gasteiger partial charge in [0.15, 0.2) is 5.84 Å². The predicted octanol–water partition coefficient (Wildman–Crippen LogP) is -0.00250. The van der Waals surface area contributed by atoms with Crippen molar-refractivity contribution in [1.82, 2.24) is 9.78 Å². The maximum atomic E-state index is 8.35. The summed E-state index contributed by atoms with van der Waals surface area (Å²) in [6.07, 6.45) is 1.61. The fourth-order valence-electron chi connectivity index (χ4n) is 0.853. The van der Waals surface area contributed by atoms with Gasteiger partial charge in [-0.3, -0.25) is 4.68 Å². The monoisotopic (exact) mass is 154 g/mol. The molecule has 0 aromatic carbocycles. The van der Waals surface area contributed by atoms with Gasteiger partial charge in [0.05, 0.1) is 0 Å². The first-order valence-corrected chi connectivity index (χ1v) is 3.29. The summed E-state index contributed by atoms with van der Waals surface area (Å²) in [4.78, 5) is 0. The molecule has 60 valence electrons. The largest absolute Gasteiger partial charge is 0.409 e. The van der Waals surface area contributed by atoms with E-state index < -0.39 is 0 Å². The van der Waals surface area contributed by atoms with Gasteiger partial charge in [0, 0.05) is 12.7 Å². The Morgan fingerprint density at radius 2 is 2.64 bits per heavy atom. The van der Waals surface area contributed by atoms with Gasteiger partial charge in [0.2, 0.25) is 0 Å². The topological polar surface area (TPSA) is 76.4 Å². The average Bonchev–Trinajstić information content (AvgIpc) is 2.50. The Balaban J connectivity index is 3.02. The fraction of sp³-hybridized carbons (Fsp3) is 0.333. The molecule has 1 rings (SSSR count). The third-order valence-corrected chi connectivity index (χ3v) is 1.39. The summed E-state index contributed by atoms with van der Waals surface area (Å²) in [5, 5.41) is 15.2. The fourth-order valence-corrected chi connectivity index (χ4v) is 0.853. The van der Waals surface area contributed by atoms with Gasteiger partial charge in [-0.05, 0) is 13.0 Å². The Hall–Kier alpha value is -1.52. The van der Waals surface area contributed by atoms with E-state index in [4.69, 9.17) is 10.9 Å². The first-order valence-electron chi connectivity index (χ1n) is 3.29. The van der Waals surface area contributed by atoms with Crippen LogP contribution < -0.4 is 5.73 Å². The van der Waals surface area contributed by atoms with Crippen LogP contribution in [0.4, 0.5) is 0 Å². The quantitative estimate of drug-likeness (QED) is 0.272. The van der Waals surface area contributed by atoms with Crippen LogP contribution in [0.1, 0.15) is 12.6 Å². The van der Waals surface area contributed by atoms with Crippen LogP contribution in [0.5, 0.6) is 0 Å². The molecule has 1 heterocycles. The van der Waals surface area contributed by atoms with Crippen LogP contribution in [0.3, 0.4) is 0 Å². The number of aryl methyl sites for hydroxylation is 1. The van der Waals surface area contributed by atoms with Crippen molar-refractivity contribution < 1.29 is 5.21 Å². The third kappa shape index (κ3) is 1.31. The molecule has 0 atom stereocenters. The highest BCUT2D eigenvalue weighted by molar-refractivity contribution is 5.95. The van der Waals surface area contributed by atoms with Crippen molar-refractivity contribution in [3.8, 4) is 0 Å². The molecule has 1 aromatic heterocycles. The molecule has 5 nitrogen and oxygen atoms in total. The van der Waals surface area contributed by atoms with Crippen LogP contribution >= 0.6 is 0 Å². The number of rotatable bonds is 2. The molecule has 0 unspecified atom stereocenters. The van der Waals surface area contributed by atoms with Gasteiger partial charge in [-0.2, -0.15) is 5.10 Å². The van der Waals surface area contributed by atoms with Crippen LogP contribution in [0, 0.1) is 0 Å². The summed E-state index contributed by atoms with van der Waals surface area (Å²) in [7, 11) is 0. The number of nitrogens with two attached hydrogens (primary N) is 1. The molecular formula is C6H10N4O. The summed E-state index contributed by atoms with van der Waals surface area (Å²) in [5.74, 6) is 0.0874. The number of aromatic nitrogens is 2. The molecule has 0 radical (unpaired) electrons. The summed E-state index contributed by atoms with van der Waals surface area (Å²) < 4.78 is 1.65. The summed E-state index contributed by atoms with van der Waals surface area (Å²) in [6.45, 7) is 2.64. The van der Waals surface area contributed by atoms with Gasteiger partial charge in [0.1, 0.15) is 5.69 Å². The highest BCUT2D eigenvalue weighted by Crippen LogP contribution is 1.96. The lowest BCUT2D eigenvalue weighted by atomic mass is 10.4. The number of hydrogen-bond donors (Lipinski definition) is 2. The zero-order valence-electron chi connectivity index (χ0n) is 6.23. The Labute approximate surface area is 64.1 Å². The zero-order chi connectivity index (χ0) is 8.27. The first kappa shape index (κ1) is 7.59.